The van der Waals surface area contributed by atoms with E-state index in [4.69, 9.17) is 4.42 Å². The van der Waals surface area contributed by atoms with Gasteiger partial charge in [0.1, 0.15) is 6.07 Å². The van der Waals surface area contributed by atoms with Gasteiger partial charge in [0.15, 0.2) is 0 Å². The molecule has 0 saturated carbocycles. The van der Waals surface area contributed by atoms with Gasteiger partial charge in [0.2, 0.25) is 27.5 Å². The summed E-state index contributed by atoms with van der Waals surface area (Å²) in [5.74, 6) is 0.594. The maximum absolute atomic E-state index is 12.1. The minimum absolute atomic E-state index is 0.176. The fourth-order valence-corrected chi connectivity index (χ4v) is 3.12. The Morgan fingerprint density at radius 2 is 1.85 bits per heavy atom. The second-order valence-electron chi connectivity index (χ2n) is 6.20. The Labute approximate surface area is 154 Å². The molecule has 0 bridgehead atoms. The zero-order chi connectivity index (χ0) is 19.3. The third kappa shape index (κ3) is 4.60. The van der Waals surface area contributed by atoms with E-state index in [1.54, 1.807) is 12.1 Å². The SMILES string of the molecule is CN(C)CCCNc1oc(-c2ccc(S(=O)(=O)N(C)C)cc2)nc1C#N. The number of nitrogens with one attached hydrogen (secondary N) is 1. The Morgan fingerprint density at radius 1 is 1.19 bits per heavy atom. The molecule has 26 heavy (non-hydrogen) atoms. The van der Waals surface area contributed by atoms with E-state index in [2.05, 4.69) is 15.2 Å². The predicted octanol–water partition coefficient (Wildman–Crippen LogP) is 1.83. The van der Waals surface area contributed by atoms with Gasteiger partial charge in [-0.1, -0.05) is 0 Å². The molecule has 0 aliphatic heterocycles. The number of hydrogen-bond acceptors (Lipinski definition) is 7. The maximum atomic E-state index is 12.1. The second-order valence-corrected chi connectivity index (χ2v) is 8.36. The van der Waals surface area contributed by atoms with Gasteiger partial charge in [0.05, 0.1) is 4.90 Å². The van der Waals surface area contributed by atoms with Gasteiger partial charge < -0.3 is 14.6 Å². The summed E-state index contributed by atoms with van der Waals surface area (Å²) in [6.45, 7) is 1.57. The molecule has 8 nitrogen and oxygen atoms in total. The number of hydrogen-bond donors (Lipinski definition) is 1. The third-order valence-electron chi connectivity index (χ3n) is 3.68. The first-order valence-electron chi connectivity index (χ1n) is 8.08. The van der Waals surface area contributed by atoms with Crippen LogP contribution in [0, 0.1) is 11.3 Å². The Kier molecular flexibility index (Phi) is 6.37. The van der Waals surface area contributed by atoms with Crippen molar-refractivity contribution in [2.24, 2.45) is 0 Å². The van der Waals surface area contributed by atoms with Crippen LogP contribution in [0.2, 0.25) is 0 Å². The zero-order valence-corrected chi connectivity index (χ0v) is 16.2. The van der Waals surface area contributed by atoms with Crippen molar-refractivity contribution in [1.29, 1.82) is 5.26 Å². The van der Waals surface area contributed by atoms with E-state index in [1.807, 2.05) is 20.2 Å². The number of oxazole rings is 1. The molecular formula is C17H23N5O3S. The van der Waals surface area contributed by atoms with E-state index in [0.717, 1.165) is 17.3 Å². The lowest BCUT2D eigenvalue weighted by atomic mass is 10.2. The number of sulfonamides is 1. The van der Waals surface area contributed by atoms with E-state index in [1.165, 1.54) is 26.2 Å². The molecule has 1 aromatic carbocycles. The summed E-state index contributed by atoms with van der Waals surface area (Å²) in [6.07, 6.45) is 0.894. The standard InChI is InChI=1S/C17H23N5O3S/c1-21(2)11-5-10-19-17-15(12-18)20-16(25-17)13-6-8-14(9-7-13)26(23,24)22(3)4/h6-9,19H,5,10-11H2,1-4H3. The highest BCUT2D eigenvalue weighted by Crippen LogP contribution is 2.26. The van der Waals surface area contributed by atoms with Crippen molar-refractivity contribution in [3.05, 3.63) is 30.0 Å². The van der Waals surface area contributed by atoms with E-state index in [9.17, 15) is 13.7 Å². The van der Waals surface area contributed by atoms with Crippen LogP contribution < -0.4 is 5.32 Å². The van der Waals surface area contributed by atoms with Crippen molar-refractivity contribution in [3.63, 3.8) is 0 Å². The zero-order valence-electron chi connectivity index (χ0n) is 15.4. The minimum atomic E-state index is -3.49. The Morgan fingerprint density at radius 3 is 2.38 bits per heavy atom. The van der Waals surface area contributed by atoms with Gasteiger partial charge in [-0.2, -0.15) is 10.2 Å². The quantitative estimate of drug-likeness (QED) is 0.700. The first-order chi connectivity index (χ1) is 12.3. The Bertz CT molecular complexity index is 880. The molecule has 0 spiro atoms. The van der Waals surface area contributed by atoms with E-state index >= 15 is 0 Å². The van der Waals surface area contributed by atoms with Gasteiger partial charge in [0.25, 0.3) is 0 Å². The largest absolute Gasteiger partial charge is 0.419 e. The summed E-state index contributed by atoms with van der Waals surface area (Å²) >= 11 is 0. The van der Waals surface area contributed by atoms with E-state index in [-0.39, 0.29) is 16.5 Å². The molecular weight excluding hydrogens is 354 g/mol. The average Bonchev–Trinajstić information content (AvgIpc) is 3.01. The lowest BCUT2D eigenvalue weighted by Crippen LogP contribution is -2.22. The van der Waals surface area contributed by atoms with Crippen molar-refractivity contribution in [2.75, 3.05) is 46.6 Å². The molecule has 1 heterocycles. The van der Waals surface area contributed by atoms with Crippen LogP contribution in [0.4, 0.5) is 5.88 Å². The van der Waals surface area contributed by atoms with Crippen LogP contribution in [0.25, 0.3) is 11.5 Å². The van der Waals surface area contributed by atoms with Crippen molar-refractivity contribution < 1.29 is 12.8 Å². The lowest BCUT2D eigenvalue weighted by molar-refractivity contribution is 0.404. The second kappa shape index (κ2) is 8.31. The summed E-state index contributed by atoms with van der Waals surface area (Å²) < 4.78 is 31.0. The number of nitriles is 1. The number of benzene rings is 1. The topological polar surface area (TPSA) is 102 Å². The van der Waals surface area contributed by atoms with E-state index in [0.29, 0.717) is 18.0 Å². The minimum Gasteiger partial charge on any atom is -0.419 e. The molecule has 0 fully saturated rings. The van der Waals surface area contributed by atoms with Crippen molar-refractivity contribution in [3.8, 4) is 17.5 Å². The van der Waals surface area contributed by atoms with Gasteiger partial charge in [-0.25, -0.2) is 12.7 Å². The summed E-state index contributed by atoms with van der Waals surface area (Å²) in [7, 11) is 3.45. The van der Waals surface area contributed by atoms with Crippen molar-refractivity contribution >= 4 is 15.9 Å². The highest BCUT2D eigenvalue weighted by atomic mass is 32.2. The molecule has 0 radical (unpaired) electrons. The molecule has 2 aromatic rings. The summed E-state index contributed by atoms with van der Waals surface area (Å²) in [4.78, 5) is 6.43. The van der Waals surface area contributed by atoms with Crippen molar-refractivity contribution in [2.45, 2.75) is 11.3 Å². The average molecular weight is 377 g/mol. The van der Waals surface area contributed by atoms with Crippen LogP contribution in [-0.2, 0) is 10.0 Å². The van der Waals surface area contributed by atoms with Gasteiger partial charge >= 0.3 is 0 Å². The Balaban J connectivity index is 2.18. The van der Waals surface area contributed by atoms with Gasteiger partial charge in [-0.15, -0.1) is 0 Å². The first-order valence-corrected chi connectivity index (χ1v) is 9.52. The third-order valence-corrected chi connectivity index (χ3v) is 5.51. The van der Waals surface area contributed by atoms with Gasteiger partial charge in [-0.05, 0) is 51.3 Å². The van der Waals surface area contributed by atoms with Crippen LogP contribution in [0.15, 0.2) is 33.6 Å². The monoisotopic (exact) mass is 377 g/mol. The maximum Gasteiger partial charge on any atom is 0.242 e. The fraction of sp³-hybridized carbons (Fsp3) is 0.412. The molecule has 0 aliphatic rings. The molecule has 0 saturated heterocycles. The summed E-state index contributed by atoms with van der Waals surface area (Å²) in [5.41, 5.74) is 0.774. The first kappa shape index (κ1) is 19.9. The van der Waals surface area contributed by atoms with Crippen molar-refractivity contribution in [1.82, 2.24) is 14.2 Å². The molecule has 1 aromatic heterocycles. The molecule has 1 N–H and O–H groups in total. The molecule has 0 aliphatic carbocycles. The highest BCUT2D eigenvalue weighted by Gasteiger charge is 2.18. The van der Waals surface area contributed by atoms with Gasteiger partial charge in [0, 0.05) is 26.2 Å². The highest BCUT2D eigenvalue weighted by molar-refractivity contribution is 7.89. The molecule has 0 atom stereocenters. The smallest absolute Gasteiger partial charge is 0.242 e. The summed E-state index contributed by atoms with van der Waals surface area (Å²) in [6, 6.07) is 8.21. The fourth-order valence-electron chi connectivity index (χ4n) is 2.22. The van der Waals surface area contributed by atoms with Crippen LogP contribution >= 0.6 is 0 Å². The summed E-state index contributed by atoms with van der Waals surface area (Å²) in [5, 5.41) is 12.3. The molecule has 2 rings (SSSR count). The predicted molar refractivity (Wildman–Crippen MR) is 99.2 cm³/mol. The van der Waals surface area contributed by atoms with Gasteiger partial charge in [-0.3, -0.25) is 0 Å². The number of anilines is 1. The molecule has 0 unspecified atom stereocenters. The molecule has 140 valence electrons. The lowest BCUT2D eigenvalue weighted by Gasteiger charge is -2.11. The molecule has 0 amide bonds. The van der Waals surface area contributed by atoms with Crippen LogP contribution in [0.5, 0.6) is 0 Å². The molecule has 9 heteroatoms. The number of rotatable bonds is 8. The normalized spacial score (nSPS) is 11.7. The Hall–Kier alpha value is -2.41. The van der Waals surface area contributed by atoms with Crippen LogP contribution in [0.1, 0.15) is 12.1 Å². The van der Waals surface area contributed by atoms with Crippen LogP contribution in [0.3, 0.4) is 0 Å². The van der Waals surface area contributed by atoms with E-state index < -0.39 is 10.0 Å². The van der Waals surface area contributed by atoms with Crippen LogP contribution in [-0.4, -0.2) is 63.9 Å². The number of nitrogens with zero attached hydrogens (tertiary/aromatic N) is 4. The number of aromatic nitrogens is 1.